The summed E-state index contributed by atoms with van der Waals surface area (Å²) in [5.74, 6) is -2.12. The van der Waals surface area contributed by atoms with Crippen LogP contribution in [-0.4, -0.2) is 41.1 Å². The number of nitrogens with zero attached hydrogens (tertiary/aromatic N) is 1. The van der Waals surface area contributed by atoms with Crippen LogP contribution in [0.15, 0.2) is 18.2 Å². The molecule has 1 aliphatic heterocycles. The number of carbonyl (C=O) groups excluding carboxylic acids is 3. The Morgan fingerprint density at radius 2 is 1.90 bits per heavy atom. The van der Waals surface area contributed by atoms with Crippen LogP contribution < -0.4 is 10.2 Å². The lowest BCUT2D eigenvalue weighted by Gasteiger charge is -2.32. The fourth-order valence-corrected chi connectivity index (χ4v) is 4.29. The van der Waals surface area contributed by atoms with Crippen LogP contribution in [-0.2, 0) is 19.2 Å². The van der Waals surface area contributed by atoms with E-state index in [0.29, 0.717) is 25.8 Å². The van der Waals surface area contributed by atoms with Crippen LogP contribution in [0, 0.1) is 5.92 Å². The van der Waals surface area contributed by atoms with E-state index in [1.54, 1.807) is 11.8 Å². The molecule has 2 N–H and O–H groups in total. The van der Waals surface area contributed by atoms with Gasteiger partial charge in [0.1, 0.15) is 5.78 Å². The number of aliphatic carboxylic acids is 1. The van der Waals surface area contributed by atoms with Crippen molar-refractivity contribution in [3.8, 4) is 0 Å². The lowest BCUT2D eigenvalue weighted by atomic mass is 9.83. The fourth-order valence-electron chi connectivity index (χ4n) is 4.29. The van der Waals surface area contributed by atoms with Gasteiger partial charge in [-0.25, -0.2) is 0 Å². The number of amides is 1. The molecule has 0 bridgehead atoms. The van der Waals surface area contributed by atoms with E-state index in [-0.39, 0.29) is 29.8 Å². The first-order chi connectivity index (χ1) is 13.8. The van der Waals surface area contributed by atoms with Gasteiger partial charge in [0.05, 0.1) is 23.6 Å². The molecule has 3 atom stereocenters. The first kappa shape index (κ1) is 21.0. The molecular weight excluding hydrogens is 372 g/mol. The number of carboxylic acid groups (broad SMARTS) is 1. The van der Waals surface area contributed by atoms with Crippen LogP contribution in [0.4, 0.5) is 11.4 Å². The average molecular weight is 400 g/mol. The maximum atomic E-state index is 13.0. The zero-order chi connectivity index (χ0) is 21.1. The van der Waals surface area contributed by atoms with E-state index in [4.69, 9.17) is 5.11 Å². The highest BCUT2D eigenvalue weighted by Crippen LogP contribution is 2.44. The first-order valence-electron chi connectivity index (χ1n) is 10.3. The van der Waals surface area contributed by atoms with Gasteiger partial charge in [-0.15, -0.1) is 0 Å². The van der Waals surface area contributed by atoms with Gasteiger partial charge >= 0.3 is 5.97 Å². The van der Waals surface area contributed by atoms with E-state index in [1.165, 1.54) is 0 Å². The molecule has 3 rings (SSSR count). The summed E-state index contributed by atoms with van der Waals surface area (Å²) in [6.07, 6.45) is 3.17. The zero-order valence-electron chi connectivity index (χ0n) is 16.9. The number of anilines is 2. The largest absolute Gasteiger partial charge is 0.481 e. The van der Waals surface area contributed by atoms with Crippen LogP contribution in [0.3, 0.4) is 0 Å². The Morgan fingerprint density at radius 3 is 2.62 bits per heavy atom. The van der Waals surface area contributed by atoms with Crippen molar-refractivity contribution in [1.82, 2.24) is 0 Å². The number of unbranched alkanes of at least 4 members (excludes halogenated alkanes) is 2. The molecular formula is C22H28N2O5. The number of rotatable bonds is 8. The third kappa shape index (κ3) is 4.18. The summed E-state index contributed by atoms with van der Waals surface area (Å²) < 4.78 is 0. The Kier molecular flexibility index (Phi) is 6.35. The summed E-state index contributed by atoms with van der Waals surface area (Å²) in [6, 6.07) is 5.08. The molecule has 0 saturated heterocycles. The number of hydrogen-bond acceptors (Lipinski definition) is 5. The van der Waals surface area contributed by atoms with Crippen molar-refractivity contribution in [3.05, 3.63) is 23.8 Å². The summed E-state index contributed by atoms with van der Waals surface area (Å²) in [5.41, 5.74) is 2.51. The van der Waals surface area contributed by atoms with Gasteiger partial charge in [-0.1, -0.05) is 12.5 Å². The number of Topliss-reactive ketones (excluding diaryl/α,β-unsaturated/α-hetero) is 2. The van der Waals surface area contributed by atoms with Gasteiger partial charge in [0.15, 0.2) is 5.78 Å². The Balaban J connectivity index is 1.74. The number of carbonyl (C=O) groups is 4. The molecule has 156 valence electrons. The van der Waals surface area contributed by atoms with Crippen LogP contribution in [0.5, 0.6) is 0 Å². The van der Waals surface area contributed by atoms with E-state index in [0.717, 1.165) is 29.8 Å². The third-order valence-electron chi connectivity index (χ3n) is 5.98. The number of hydrogen-bond donors (Lipinski definition) is 2. The summed E-state index contributed by atoms with van der Waals surface area (Å²) >= 11 is 0. The highest BCUT2D eigenvalue weighted by molar-refractivity contribution is 6.15. The molecule has 29 heavy (non-hydrogen) atoms. The highest BCUT2D eigenvalue weighted by atomic mass is 16.4. The molecule has 7 nitrogen and oxygen atoms in total. The molecule has 1 aromatic rings. The number of ketones is 2. The second kappa shape index (κ2) is 8.76. The van der Waals surface area contributed by atoms with Gasteiger partial charge in [-0.2, -0.15) is 0 Å². The van der Waals surface area contributed by atoms with Crippen molar-refractivity contribution in [2.45, 2.75) is 64.3 Å². The number of benzene rings is 1. The summed E-state index contributed by atoms with van der Waals surface area (Å²) in [4.78, 5) is 49.8. The smallest absolute Gasteiger partial charge is 0.303 e. The Morgan fingerprint density at radius 1 is 1.14 bits per heavy atom. The average Bonchev–Trinajstić information content (AvgIpc) is 2.94. The molecule has 1 aliphatic carbocycles. The minimum absolute atomic E-state index is 0.0514. The molecule has 0 spiro atoms. The van der Waals surface area contributed by atoms with E-state index in [1.807, 2.05) is 25.1 Å². The molecule has 7 heteroatoms. The predicted molar refractivity (Wildman–Crippen MR) is 109 cm³/mol. The Labute approximate surface area is 170 Å². The van der Waals surface area contributed by atoms with Crippen molar-refractivity contribution in [1.29, 1.82) is 0 Å². The van der Waals surface area contributed by atoms with Gasteiger partial charge in [-0.3, -0.25) is 19.2 Å². The molecule has 1 aromatic carbocycles. The van der Waals surface area contributed by atoms with Gasteiger partial charge in [-0.05, 0) is 45.2 Å². The molecule has 1 amide bonds. The van der Waals surface area contributed by atoms with E-state index in [9.17, 15) is 19.2 Å². The predicted octanol–water partition coefficient (Wildman–Crippen LogP) is 3.13. The normalized spacial score (nSPS) is 24.0. The summed E-state index contributed by atoms with van der Waals surface area (Å²) in [7, 11) is 0. The van der Waals surface area contributed by atoms with Crippen LogP contribution >= 0.6 is 0 Å². The topological polar surface area (TPSA) is 104 Å². The lowest BCUT2D eigenvalue weighted by molar-refractivity contribution is -0.138. The zero-order valence-corrected chi connectivity index (χ0v) is 16.9. The fraction of sp³-hybridized carbons (Fsp3) is 0.545. The van der Waals surface area contributed by atoms with Crippen molar-refractivity contribution in [2.75, 3.05) is 16.8 Å². The second-order valence-electron chi connectivity index (χ2n) is 7.94. The van der Waals surface area contributed by atoms with Crippen molar-refractivity contribution in [3.63, 3.8) is 0 Å². The van der Waals surface area contributed by atoms with Crippen LogP contribution in [0.2, 0.25) is 0 Å². The molecule has 1 fully saturated rings. The van der Waals surface area contributed by atoms with Gasteiger partial charge in [0.2, 0.25) is 5.91 Å². The second-order valence-corrected chi connectivity index (χ2v) is 7.94. The highest BCUT2D eigenvalue weighted by Gasteiger charge is 2.45. The molecule has 2 aliphatic rings. The third-order valence-corrected chi connectivity index (χ3v) is 5.98. The van der Waals surface area contributed by atoms with Gasteiger partial charge < -0.3 is 15.3 Å². The minimum Gasteiger partial charge on any atom is -0.481 e. The summed E-state index contributed by atoms with van der Waals surface area (Å²) in [5, 5.41) is 12.1. The van der Waals surface area contributed by atoms with Gasteiger partial charge in [0.25, 0.3) is 0 Å². The monoisotopic (exact) mass is 400 g/mol. The quantitative estimate of drug-likeness (QED) is 0.513. The van der Waals surface area contributed by atoms with E-state index >= 15 is 0 Å². The lowest BCUT2D eigenvalue weighted by Crippen LogP contribution is -2.50. The molecule has 1 saturated carbocycles. The van der Waals surface area contributed by atoms with E-state index < -0.39 is 17.9 Å². The summed E-state index contributed by atoms with van der Waals surface area (Å²) in [6.45, 7) is 4.16. The van der Waals surface area contributed by atoms with Crippen molar-refractivity contribution >= 4 is 34.8 Å². The molecule has 0 radical (unpaired) electrons. The Bertz CT molecular complexity index is 834. The number of carboxylic acids is 1. The molecule has 1 heterocycles. The number of fused-ring (bicyclic) bond motifs is 1. The van der Waals surface area contributed by atoms with Crippen LogP contribution in [0.25, 0.3) is 0 Å². The maximum Gasteiger partial charge on any atom is 0.303 e. The maximum absolute atomic E-state index is 13.0. The van der Waals surface area contributed by atoms with Crippen LogP contribution in [0.1, 0.15) is 63.9 Å². The molecule has 0 aromatic heterocycles. The van der Waals surface area contributed by atoms with E-state index in [2.05, 4.69) is 5.32 Å². The minimum atomic E-state index is -0.778. The first-order valence-corrected chi connectivity index (χ1v) is 10.3. The number of nitrogens with one attached hydrogen (secondary N) is 1. The molecule has 2 unspecified atom stereocenters. The standard InChI is InChI=1S/C22H28N2O5/c1-13-18(25)11-10-17(21(13)28)24-16-8-6-7-15(20(16)14(2)22(24)29)23-12-5-3-4-9-19(26)27/h6-8,13-14,17,23H,3-5,9-12H2,1-2H3,(H,26,27)/t13?,14-,17?/m0/s1. The van der Waals surface area contributed by atoms with Gasteiger partial charge in [0, 0.05) is 30.6 Å². The Hall–Kier alpha value is -2.70. The van der Waals surface area contributed by atoms with Crippen molar-refractivity contribution < 1.29 is 24.3 Å². The van der Waals surface area contributed by atoms with Crippen molar-refractivity contribution in [2.24, 2.45) is 5.92 Å². The SMILES string of the molecule is CC1C(=O)CCC(N2C(=O)[C@@H](C)c3c(NCCCCCC(=O)O)cccc32)C1=O.